The molecule has 5 nitrogen and oxygen atoms in total. The zero-order valence-corrected chi connectivity index (χ0v) is 11.0. The van der Waals surface area contributed by atoms with Gasteiger partial charge in [0.1, 0.15) is 0 Å². The van der Waals surface area contributed by atoms with Crippen molar-refractivity contribution in [3.8, 4) is 0 Å². The highest BCUT2D eigenvalue weighted by atomic mass is 19.2. The van der Waals surface area contributed by atoms with E-state index in [1.165, 1.54) is 4.90 Å². The Hall–Kier alpha value is -1.73. The number of carbonyl (C=O) groups is 1. The number of nitrogens with two attached hydrogens (primary N) is 1. The van der Waals surface area contributed by atoms with Crippen LogP contribution in [-0.2, 0) is 4.74 Å². The molecule has 2 rings (SSSR count). The highest BCUT2D eigenvalue weighted by Gasteiger charge is 2.31. The van der Waals surface area contributed by atoms with Gasteiger partial charge in [0.25, 0.3) is 5.91 Å². The number of hydrogen-bond donors (Lipinski definition) is 2. The molecule has 0 aromatic heterocycles. The maximum atomic E-state index is 13.3. The van der Waals surface area contributed by atoms with Crippen LogP contribution in [0.2, 0.25) is 0 Å². The lowest BCUT2D eigenvalue weighted by Crippen LogP contribution is -2.52. The SMILES string of the molecule is CC1COC(CO)CN1C(=O)c1cc(F)c(F)cc1N. The van der Waals surface area contributed by atoms with Crippen molar-refractivity contribution in [3.63, 3.8) is 0 Å². The normalized spacial score (nSPS) is 22.9. The number of nitrogen functional groups attached to an aromatic ring is 1. The Labute approximate surface area is 114 Å². The van der Waals surface area contributed by atoms with Crippen molar-refractivity contribution in [2.75, 3.05) is 25.5 Å². The number of anilines is 1. The molecule has 0 spiro atoms. The number of morpholine rings is 1. The Balaban J connectivity index is 2.28. The minimum Gasteiger partial charge on any atom is -0.398 e. The fourth-order valence-corrected chi connectivity index (χ4v) is 2.11. The average Bonchev–Trinajstić information content (AvgIpc) is 2.42. The number of amides is 1. The van der Waals surface area contributed by atoms with E-state index < -0.39 is 23.6 Å². The zero-order chi connectivity index (χ0) is 14.9. The molecule has 0 radical (unpaired) electrons. The van der Waals surface area contributed by atoms with Gasteiger partial charge in [-0.3, -0.25) is 4.79 Å². The lowest BCUT2D eigenvalue weighted by Gasteiger charge is -2.37. The van der Waals surface area contributed by atoms with E-state index in [1.807, 2.05) is 0 Å². The van der Waals surface area contributed by atoms with Crippen LogP contribution in [0.5, 0.6) is 0 Å². The Bertz CT molecular complexity index is 525. The molecule has 0 bridgehead atoms. The van der Waals surface area contributed by atoms with Gasteiger partial charge in [-0.1, -0.05) is 0 Å². The van der Waals surface area contributed by atoms with Crippen LogP contribution >= 0.6 is 0 Å². The standard InChI is InChI=1S/C13H16F2N2O3/c1-7-6-20-8(5-18)4-17(7)13(19)9-2-10(14)11(15)3-12(9)16/h2-3,7-8,18H,4-6,16H2,1H3. The number of nitrogens with zero attached hydrogens (tertiary/aromatic N) is 1. The zero-order valence-electron chi connectivity index (χ0n) is 11.0. The molecule has 110 valence electrons. The summed E-state index contributed by atoms with van der Waals surface area (Å²) in [6, 6.07) is 1.35. The molecule has 0 saturated carbocycles. The largest absolute Gasteiger partial charge is 0.398 e. The number of ether oxygens (including phenoxy) is 1. The van der Waals surface area contributed by atoms with Crippen molar-refractivity contribution >= 4 is 11.6 Å². The van der Waals surface area contributed by atoms with Gasteiger partial charge in [0.2, 0.25) is 0 Å². The van der Waals surface area contributed by atoms with Crippen molar-refractivity contribution in [1.82, 2.24) is 4.90 Å². The molecule has 0 aliphatic carbocycles. The van der Waals surface area contributed by atoms with E-state index in [2.05, 4.69) is 0 Å². The molecule has 1 aliphatic heterocycles. The maximum Gasteiger partial charge on any atom is 0.256 e. The first-order chi connectivity index (χ1) is 9.43. The van der Waals surface area contributed by atoms with Crippen molar-refractivity contribution in [3.05, 3.63) is 29.3 Å². The molecule has 3 N–H and O–H groups in total. The third-order valence-electron chi connectivity index (χ3n) is 3.29. The molecule has 20 heavy (non-hydrogen) atoms. The third-order valence-corrected chi connectivity index (χ3v) is 3.29. The summed E-state index contributed by atoms with van der Waals surface area (Å²) in [5.74, 6) is -2.72. The summed E-state index contributed by atoms with van der Waals surface area (Å²) in [7, 11) is 0. The summed E-state index contributed by atoms with van der Waals surface area (Å²) in [6.45, 7) is 1.99. The van der Waals surface area contributed by atoms with E-state index in [4.69, 9.17) is 15.6 Å². The van der Waals surface area contributed by atoms with Gasteiger partial charge < -0.3 is 20.5 Å². The summed E-state index contributed by atoms with van der Waals surface area (Å²) in [6.07, 6.45) is -0.485. The number of halogens is 2. The van der Waals surface area contributed by atoms with Crippen LogP contribution in [0.25, 0.3) is 0 Å². The van der Waals surface area contributed by atoms with Crippen molar-refractivity contribution in [2.24, 2.45) is 0 Å². The molecule has 1 aromatic rings. The van der Waals surface area contributed by atoms with Gasteiger partial charge in [-0.05, 0) is 13.0 Å². The summed E-state index contributed by atoms with van der Waals surface area (Å²) < 4.78 is 31.6. The van der Waals surface area contributed by atoms with Crippen LogP contribution in [0.3, 0.4) is 0 Å². The molecule has 1 saturated heterocycles. The van der Waals surface area contributed by atoms with Gasteiger partial charge in [-0.2, -0.15) is 0 Å². The Morgan fingerprint density at radius 1 is 1.50 bits per heavy atom. The molecule has 1 aliphatic rings. The quantitative estimate of drug-likeness (QED) is 0.787. The van der Waals surface area contributed by atoms with E-state index in [-0.39, 0.29) is 37.1 Å². The predicted octanol–water partition coefficient (Wildman–Crippen LogP) is 0.769. The van der Waals surface area contributed by atoms with Gasteiger partial charge >= 0.3 is 0 Å². The topological polar surface area (TPSA) is 75.8 Å². The Morgan fingerprint density at radius 3 is 2.80 bits per heavy atom. The molecule has 7 heteroatoms. The lowest BCUT2D eigenvalue weighted by atomic mass is 10.1. The third kappa shape index (κ3) is 2.73. The van der Waals surface area contributed by atoms with Crippen LogP contribution in [0.1, 0.15) is 17.3 Å². The van der Waals surface area contributed by atoms with Crippen molar-refractivity contribution < 1.29 is 23.4 Å². The molecular weight excluding hydrogens is 270 g/mol. The summed E-state index contributed by atoms with van der Waals surface area (Å²) in [5.41, 5.74) is 5.37. The van der Waals surface area contributed by atoms with Gasteiger partial charge in [0, 0.05) is 18.3 Å². The molecule has 1 heterocycles. The van der Waals surface area contributed by atoms with E-state index in [0.717, 1.165) is 12.1 Å². The Morgan fingerprint density at radius 2 is 2.15 bits per heavy atom. The summed E-state index contributed by atoms with van der Waals surface area (Å²) in [4.78, 5) is 13.8. The molecule has 1 aromatic carbocycles. The summed E-state index contributed by atoms with van der Waals surface area (Å²) >= 11 is 0. The van der Waals surface area contributed by atoms with E-state index in [1.54, 1.807) is 6.92 Å². The second-order valence-electron chi connectivity index (χ2n) is 4.80. The van der Waals surface area contributed by atoms with E-state index >= 15 is 0 Å². The number of carbonyl (C=O) groups excluding carboxylic acids is 1. The first kappa shape index (κ1) is 14.7. The number of aliphatic hydroxyl groups is 1. The number of aliphatic hydroxyl groups excluding tert-OH is 1. The fourth-order valence-electron chi connectivity index (χ4n) is 2.11. The maximum absolute atomic E-state index is 13.3. The van der Waals surface area contributed by atoms with Crippen LogP contribution in [0.15, 0.2) is 12.1 Å². The number of hydrogen-bond acceptors (Lipinski definition) is 4. The minimum atomic E-state index is -1.12. The molecule has 1 fully saturated rings. The highest BCUT2D eigenvalue weighted by molar-refractivity contribution is 5.99. The van der Waals surface area contributed by atoms with Crippen molar-refractivity contribution in [1.29, 1.82) is 0 Å². The first-order valence-corrected chi connectivity index (χ1v) is 6.22. The fraction of sp³-hybridized carbons (Fsp3) is 0.462. The predicted molar refractivity (Wildman–Crippen MR) is 68.1 cm³/mol. The summed E-state index contributed by atoms with van der Waals surface area (Å²) in [5, 5.41) is 9.09. The second kappa shape index (κ2) is 5.72. The smallest absolute Gasteiger partial charge is 0.256 e. The highest BCUT2D eigenvalue weighted by Crippen LogP contribution is 2.22. The molecule has 1 amide bonds. The van der Waals surface area contributed by atoms with E-state index in [9.17, 15) is 13.6 Å². The minimum absolute atomic E-state index is 0.0886. The monoisotopic (exact) mass is 286 g/mol. The van der Waals surface area contributed by atoms with Crippen LogP contribution < -0.4 is 5.73 Å². The van der Waals surface area contributed by atoms with Gasteiger partial charge in [-0.25, -0.2) is 8.78 Å². The first-order valence-electron chi connectivity index (χ1n) is 6.22. The van der Waals surface area contributed by atoms with Crippen LogP contribution in [0.4, 0.5) is 14.5 Å². The second-order valence-corrected chi connectivity index (χ2v) is 4.80. The molecule has 2 unspecified atom stereocenters. The average molecular weight is 286 g/mol. The van der Waals surface area contributed by atoms with Crippen LogP contribution in [-0.4, -0.2) is 47.8 Å². The van der Waals surface area contributed by atoms with E-state index in [0.29, 0.717) is 0 Å². The van der Waals surface area contributed by atoms with Crippen molar-refractivity contribution in [2.45, 2.75) is 19.1 Å². The van der Waals surface area contributed by atoms with Crippen LogP contribution in [0, 0.1) is 11.6 Å². The lowest BCUT2D eigenvalue weighted by molar-refractivity contribution is -0.0667. The molecular formula is C13H16F2N2O3. The number of benzene rings is 1. The Kier molecular flexibility index (Phi) is 4.20. The van der Waals surface area contributed by atoms with Gasteiger partial charge in [0.05, 0.1) is 30.9 Å². The number of rotatable bonds is 2. The van der Waals surface area contributed by atoms with Gasteiger partial charge in [0.15, 0.2) is 11.6 Å². The van der Waals surface area contributed by atoms with Gasteiger partial charge in [-0.15, -0.1) is 0 Å². The molecule has 2 atom stereocenters.